The molecule has 1 unspecified atom stereocenters. The van der Waals surface area contributed by atoms with Crippen molar-refractivity contribution in [2.24, 2.45) is 0 Å². The molecule has 1 aliphatic rings. The highest BCUT2D eigenvalue weighted by Crippen LogP contribution is 2.45. The van der Waals surface area contributed by atoms with Crippen molar-refractivity contribution >= 4 is 44.1 Å². The molecule has 1 aliphatic heterocycles. The summed E-state index contributed by atoms with van der Waals surface area (Å²) in [5, 5.41) is 11.8. The van der Waals surface area contributed by atoms with E-state index < -0.39 is 23.5 Å². The summed E-state index contributed by atoms with van der Waals surface area (Å²) in [6.45, 7) is 2.22. The highest BCUT2D eigenvalue weighted by Gasteiger charge is 2.48. The summed E-state index contributed by atoms with van der Waals surface area (Å²) >= 11 is 1.09. The van der Waals surface area contributed by atoms with Crippen LogP contribution in [0.25, 0.3) is 16.0 Å². The summed E-state index contributed by atoms with van der Waals surface area (Å²) in [5.74, 6) is -1.32. The van der Waals surface area contributed by atoms with Crippen LogP contribution in [-0.4, -0.2) is 28.9 Å². The number of hydrogen-bond acceptors (Lipinski definition) is 7. The van der Waals surface area contributed by atoms with E-state index in [1.807, 2.05) is 37.3 Å². The number of aryl methyl sites for hydroxylation is 1. The van der Waals surface area contributed by atoms with Gasteiger partial charge in [-0.25, -0.2) is 9.37 Å². The number of ether oxygens (including phenoxy) is 2. The third-order valence-corrected chi connectivity index (χ3v) is 8.10. The lowest BCUT2D eigenvalue weighted by molar-refractivity contribution is -0.132. The predicted molar refractivity (Wildman–Crippen MR) is 159 cm³/mol. The van der Waals surface area contributed by atoms with Gasteiger partial charge in [-0.15, -0.1) is 0 Å². The van der Waals surface area contributed by atoms with Crippen LogP contribution >= 0.6 is 11.3 Å². The van der Waals surface area contributed by atoms with E-state index in [0.717, 1.165) is 22.5 Å². The lowest BCUT2D eigenvalue weighted by Gasteiger charge is -2.23. The third kappa shape index (κ3) is 4.99. The second kappa shape index (κ2) is 11.1. The molecule has 0 bridgehead atoms. The number of nitrogens with zero attached hydrogens (tertiary/aromatic N) is 2. The van der Waals surface area contributed by atoms with Crippen molar-refractivity contribution in [1.29, 1.82) is 0 Å². The van der Waals surface area contributed by atoms with E-state index >= 15 is 0 Å². The van der Waals surface area contributed by atoms with Gasteiger partial charge >= 0.3 is 5.91 Å². The van der Waals surface area contributed by atoms with Gasteiger partial charge in [0.05, 0.1) is 28.9 Å². The first-order valence-electron chi connectivity index (χ1n) is 13.1. The van der Waals surface area contributed by atoms with Gasteiger partial charge in [-0.3, -0.25) is 14.5 Å². The number of ketones is 1. The zero-order valence-electron chi connectivity index (χ0n) is 22.7. The van der Waals surface area contributed by atoms with Crippen LogP contribution in [0.2, 0.25) is 0 Å². The Hall–Kier alpha value is -5.02. The van der Waals surface area contributed by atoms with Crippen LogP contribution in [0.3, 0.4) is 0 Å². The minimum atomic E-state index is -1.00. The van der Waals surface area contributed by atoms with Gasteiger partial charge in [0.15, 0.2) is 5.13 Å². The lowest BCUT2D eigenvalue weighted by Crippen LogP contribution is -2.29. The number of thiazole rings is 1. The standard InChI is InChI=1S/C33H25FN2O5S/c1-19-15-22(11-14-26(19)41-18-20-7-4-3-5-8-20)30(37)28-29(21-9-6-10-24(16-21)40-2)36(32(39)31(28)38)33-35-25-13-12-23(34)17-27(25)42-33/h3-17,29,37H,18H2,1-2H3/b30-28+. The van der Waals surface area contributed by atoms with Crippen molar-refractivity contribution < 1.29 is 28.6 Å². The lowest BCUT2D eigenvalue weighted by atomic mass is 9.94. The van der Waals surface area contributed by atoms with Gasteiger partial charge in [0, 0.05) is 5.56 Å². The zero-order chi connectivity index (χ0) is 29.4. The Bertz CT molecular complexity index is 1870. The molecular formula is C33H25FN2O5S. The van der Waals surface area contributed by atoms with Crippen LogP contribution in [0.4, 0.5) is 9.52 Å². The molecule has 6 rings (SSSR count). The number of carbonyl (C=O) groups excluding carboxylic acids is 2. The Kier molecular flexibility index (Phi) is 7.18. The molecule has 0 saturated carbocycles. The quantitative estimate of drug-likeness (QED) is 0.127. The Balaban J connectivity index is 1.43. The molecule has 0 aliphatic carbocycles. The van der Waals surface area contributed by atoms with Gasteiger partial charge in [-0.2, -0.15) is 0 Å². The van der Waals surface area contributed by atoms with Crippen LogP contribution in [0.1, 0.15) is 28.3 Å². The number of halogens is 1. The van der Waals surface area contributed by atoms with Crippen LogP contribution < -0.4 is 14.4 Å². The zero-order valence-corrected chi connectivity index (χ0v) is 23.5. The van der Waals surface area contributed by atoms with Crippen molar-refractivity contribution in [2.45, 2.75) is 19.6 Å². The van der Waals surface area contributed by atoms with E-state index in [9.17, 15) is 19.1 Å². The maximum Gasteiger partial charge on any atom is 0.301 e. The van der Waals surface area contributed by atoms with Gasteiger partial charge in [-0.05, 0) is 72.1 Å². The predicted octanol–water partition coefficient (Wildman–Crippen LogP) is 6.96. The molecular weight excluding hydrogens is 555 g/mol. The molecule has 1 atom stereocenters. The smallest absolute Gasteiger partial charge is 0.301 e. The molecule has 2 heterocycles. The fraction of sp³-hybridized carbons (Fsp3) is 0.121. The number of methoxy groups -OCH3 is 1. The number of Topliss-reactive ketones (excluding diaryl/α,β-unsaturated/α-hetero) is 1. The second-order valence-electron chi connectivity index (χ2n) is 9.81. The van der Waals surface area contributed by atoms with E-state index in [4.69, 9.17) is 9.47 Å². The number of aromatic nitrogens is 1. The average Bonchev–Trinajstić information content (AvgIpc) is 3.53. The van der Waals surface area contributed by atoms with Crippen molar-refractivity contribution in [1.82, 2.24) is 4.98 Å². The minimum Gasteiger partial charge on any atom is -0.507 e. The summed E-state index contributed by atoms with van der Waals surface area (Å²) in [4.78, 5) is 32.9. The van der Waals surface area contributed by atoms with Crippen LogP contribution in [-0.2, 0) is 16.2 Å². The molecule has 1 N–H and O–H groups in total. The molecule has 5 aromatic rings. The Morgan fingerprint density at radius 1 is 1.00 bits per heavy atom. The summed E-state index contributed by atoms with van der Waals surface area (Å²) in [6, 6.07) is 24.9. The van der Waals surface area contributed by atoms with Crippen LogP contribution in [0.5, 0.6) is 11.5 Å². The van der Waals surface area contributed by atoms with Gasteiger partial charge in [0.1, 0.15) is 29.7 Å². The molecule has 0 radical (unpaired) electrons. The molecule has 9 heteroatoms. The number of hydrogen-bond donors (Lipinski definition) is 1. The normalized spacial score (nSPS) is 16.3. The topological polar surface area (TPSA) is 89.0 Å². The molecule has 1 saturated heterocycles. The van der Waals surface area contributed by atoms with Crippen molar-refractivity contribution in [3.05, 3.63) is 125 Å². The molecule has 42 heavy (non-hydrogen) atoms. The van der Waals surface area contributed by atoms with Crippen molar-refractivity contribution in [2.75, 3.05) is 12.0 Å². The summed E-state index contributed by atoms with van der Waals surface area (Å²) in [6.07, 6.45) is 0. The fourth-order valence-corrected chi connectivity index (χ4v) is 6.01. The van der Waals surface area contributed by atoms with Crippen molar-refractivity contribution in [3.63, 3.8) is 0 Å². The Labute approximate surface area is 245 Å². The second-order valence-corrected chi connectivity index (χ2v) is 10.8. The van der Waals surface area contributed by atoms with Gasteiger partial charge in [0.2, 0.25) is 0 Å². The maximum atomic E-state index is 13.9. The first kappa shape index (κ1) is 27.2. The number of fused-ring (bicyclic) bond motifs is 1. The minimum absolute atomic E-state index is 0.0870. The van der Waals surface area contributed by atoms with E-state index in [1.165, 1.54) is 30.2 Å². The van der Waals surface area contributed by atoms with E-state index in [-0.39, 0.29) is 16.5 Å². The number of anilines is 1. The van der Waals surface area contributed by atoms with Gasteiger partial charge < -0.3 is 14.6 Å². The van der Waals surface area contributed by atoms with Gasteiger partial charge in [0.25, 0.3) is 5.78 Å². The molecule has 7 nitrogen and oxygen atoms in total. The van der Waals surface area contributed by atoms with E-state index in [2.05, 4.69) is 4.98 Å². The highest BCUT2D eigenvalue weighted by atomic mass is 32.1. The number of rotatable bonds is 7. The number of benzene rings is 4. The maximum absolute atomic E-state index is 13.9. The molecule has 4 aromatic carbocycles. The summed E-state index contributed by atoms with van der Waals surface area (Å²) in [7, 11) is 1.52. The summed E-state index contributed by atoms with van der Waals surface area (Å²) in [5.41, 5.74) is 3.06. The molecule has 210 valence electrons. The summed E-state index contributed by atoms with van der Waals surface area (Å²) < 4.78 is 25.8. The first-order chi connectivity index (χ1) is 20.3. The number of amides is 1. The SMILES string of the molecule is COc1cccc(C2/C(=C(\O)c3ccc(OCc4ccccc4)c(C)c3)C(=O)C(=O)N2c2nc3ccc(F)cc3s2)c1. The third-order valence-electron chi connectivity index (χ3n) is 7.08. The number of aliphatic hydroxyl groups is 1. The molecule has 1 aromatic heterocycles. The monoisotopic (exact) mass is 580 g/mol. The molecule has 1 amide bonds. The highest BCUT2D eigenvalue weighted by molar-refractivity contribution is 7.22. The number of carbonyl (C=O) groups is 2. The van der Waals surface area contributed by atoms with Crippen molar-refractivity contribution in [3.8, 4) is 11.5 Å². The largest absolute Gasteiger partial charge is 0.507 e. The van der Waals surface area contributed by atoms with Crippen LogP contribution in [0.15, 0.2) is 96.6 Å². The van der Waals surface area contributed by atoms with E-state index in [0.29, 0.717) is 39.4 Å². The van der Waals surface area contributed by atoms with Crippen LogP contribution in [0, 0.1) is 12.7 Å². The first-order valence-corrected chi connectivity index (χ1v) is 13.9. The number of aliphatic hydroxyl groups excluding tert-OH is 1. The Morgan fingerprint density at radius 3 is 2.57 bits per heavy atom. The Morgan fingerprint density at radius 2 is 1.81 bits per heavy atom. The fourth-order valence-electron chi connectivity index (χ4n) is 5.00. The molecule has 0 spiro atoms. The molecule has 1 fully saturated rings. The van der Waals surface area contributed by atoms with Gasteiger partial charge in [-0.1, -0.05) is 53.8 Å². The van der Waals surface area contributed by atoms with E-state index in [1.54, 1.807) is 42.5 Å². The average molecular weight is 581 g/mol.